The molecule has 0 bridgehead atoms. The van der Waals surface area contributed by atoms with Crippen molar-refractivity contribution in [3.8, 4) is 0 Å². The molecule has 0 aliphatic rings. The molecular formula is C2H2N4O4S. The highest BCUT2D eigenvalue weighted by Gasteiger charge is 2.17. The Morgan fingerprint density at radius 3 is 2.82 bits per heavy atom. The molecule has 1 atom stereocenters. The van der Waals surface area contributed by atoms with E-state index in [9.17, 15) is 14.3 Å². The first-order valence-electron chi connectivity index (χ1n) is 2.29. The minimum Gasteiger partial charge on any atom is -0.339 e. The number of hydrogen-bond acceptors (Lipinski definition) is 5. The van der Waals surface area contributed by atoms with E-state index in [-0.39, 0.29) is 4.79 Å². The summed E-state index contributed by atoms with van der Waals surface area (Å²) in [4.78, 5) is 10.1. The van der Waals surface area contributed by atoms with Crippen LogP contribution in [0.1, 0.15) is 0 Å². The third-order valence-electron chi connectivity index (χ3n) is 0.835. The van der Waals surface area contributed by atoms with Crippen LogP contribution in [0.4, 0.5) is 0 Å². The summed E-state index contributed by atoms with van der Waals surface area (Å²) in [5.74, 6) is 0. The fourth-order valence-corrected chi connectivity index (χ4v) is 0.828. The van der Waals surface area contributed by atoms with Gasteiger partial charge in [0, 0.05) is 0 Å². The Morgan fingerprint density at radius 2 is 2.45 bits per heavy atom. The zero-order chi connectivity index (χ0) is 8.43. The van der Waals surface area contributed by atoms with Crippen molar-refractivity contribution in [1.29, 1.82) is 0 Å². The van der Waals surface area contributed by atoms with E-state index in [2.05, 4.69) is 10.3 Å². The van der Waals surface area contributed by atoms with Gasteiger partial charge in [-0.05, 0) is 5.10 Å². The molecule has 0 fully saturated rings. The molecule has 11 heavy (non-hydrogen) atoms. The van der Waals surface area contributed by atoms with E-state index in [0.29, 0.717) is 0 Å². The van der Waals surface area contributed by atoms with Crippen LogP contribution in [0.3, 0.4) is 0 Å². The van der Waals surface area contributed by atoms with Crippen molar-refractivity contribution in [2.24, 2.45) is 0 Å². The second-order valence-corrected chi connectivity index (χ2v) is 2.37. The molecule has 0 spiro atoms. The lowest BCUT2D eigenvalue weighted by Gasteiger charge is -1.91. The lowest BCUT2D eigenvalue weighted by molar-refractivity contribution is -0.560. The molecule has 1 aromatic heterocycles. The molecule has 8 nitrogen and oxygen atoms in total. The second-order valence-electron chi connectivity index (χ2n) is 1.45. The summed E-state index contributed by atoms with van der Waals surface area (Å²) in [7, 11) is 0. The molecule has 0 aliphatic heterocycles. The smallest absolute Gasteiger partial charge is 0.248 e. The van der Waals surface area contributed by atoms with E-state index >= 15 is 0 Å². The van der Waals surface area contributed by atoms with Crippen molar-refractivity contribution in [3.05, 3.63) is 16.3 Å². The first-order chi connectivity index (χ1) is 5.13. The Morgan fingerprint density at radius 1 is 1.82 bits per heavy atom. The zero-order valence-electron chi connectivity index (χ0n) is 4.95. The predicted octanol–water partition coefficient (Wildman–Crippen LogP) is -1.10. The van der Waals surface area contributed by atoms with Gasteiger partial charge in [-0.15, -0.1) is 0 Å². The van der Waals surface area contributed by atoms with Crippen molar-refractivity contribution in [1.82, 2.24) is 15.1 Å². The van der Waals surface area contributed by atoms with Crippen molar-refractivity contribution < 1.29 is 13.8 Å². The third kappa shape index (κ3) is 1.38. The van der Waals surface area contributed by atoms with Crippen LogP contribution in [0.5, 0.6) is 0 Å². The summed E-state index contributed by atoms with van der Waals surface area (Å²) < 4.78 is 18.7. The fraction of sp³-hybridized carbons (Fsp3) is 0. The monoisotopic (exact) mass is 178 g/mol. The van der Waals surface area contributed by atoms with E-state index in [0.717, 1.165) is 6.20 Å². The van der Waals surface area contributed by atoms with Crippen LogP contribution < -0.4 is 0 Å². The fourth-order valence-electron chi connectivity index (χ4n) is 0.448. The minimum atomic E-state index is -2.43. The van der Waals surface area contributed by atoms with Crippen LogP contribution >= 0.6 is 0 Å². The highest BCUT2D eigenvalue weighted by atomic mass is 32.2. The number of hydrogen-bond donors (Lipinski definition) is 1. The lowest BCUT2D eigenvalue weighted by Crippen LogP contribution is -2.14. The summed E-state index contributed by atoms with van der Waals surface area (Å²) >= 11 is -2.43. The SMILES string of the molecule is O=[N+]([O-])n1nncc1S(=O)O. The normalized spacial score (nSPS) is 12.8. The highest BCUT2D eigenvalue weighted by molar-refractivity contribution is 7.79. The lowest BCUT2D eigenvalue weighted by atomic mass is 10.9. The molecule has 0 aliphatic carbocycles. The third-order valence-corrected chi connectivity index (χ3v) is 1.46. The molecule has 0 saturated carbocycles. The Labute approximate surface area is 62.2 Å². The summed E-state index contributed by atoms with van der Waals surface area (Å²) in [5.41, 5.74) is 0. The molecule has 9 heteroatoms. The van der Waals surface area contributed by atoms with Gasteiger partial charge in [0.25, 0.3) is 0 Å². The van der Waals surface area contributed by atoms with Crippen LogP contribution in [0.15, 0.2) is 11.2 Å². The van der Waals surface area contributed by atoms with Crippen LogP contribution in [0.25, 0.3) is 0 Å². The molecule has 1 aromatic rings. The Hall–Kier alpha value is -1.35. The van der Waals surface area contributed by atoms with Gasteiger partial charge in [0.15, 0.2) is 5.21 Å². The van der Waals surface area contributed by atoms with Crippen LogP contribution in [-0.4, -0.2) is 28.9 Å². The second kappa shape index (κ2) is 2.72. The number of nitro groups is 1. The van der Waals surface area contributed by atoms with Crippen molar-refractivity contribution >= 4 is 11.1 Å². The molecule has 1 rings (SSSR count). The maximum atomic E-state index is 10.3. The summed E-state index contributed by atoms with van der Waals surface area (Å²) in [6, 6.07) is 0. The topological polar surface area (TPSA) is 111 Å². The Balaban J connectivity index is 3.16. The summed E-state index contributed by atoms with van der Waals surface area (Å²) in [5, 5.41) is 14.6. The zero-order valence-corrected chi connectivity index (χ0v) is 5.76. The van der Waals surface area contributed by atoms with Gasteiger partial charge >= 0.3 is 0 Å². The molecule has 1 heterocycles. The van der Waals surface area contributed by atoms with Crippen molar-refractivity contribution in [2.45, 2.75) is 5.03 Å². The van der Waals surface area contributed by atoms with Crippen LogP contribution in [0, 0.1) is 10.1 Å². The van der Waals surface area contributed by atoms with E-state index in [4.69, 9.17) is 4.55 Å². The standard InChI is InChI=1S/C2H2N4O4S/c7-6(8)5-2(11(9)10)1-3-4-5/h1H,(H,9,10). The quantitative estimate of drug-likeness (QED) is 0.349. The van der Waals surface area contributed by atoms with Gasteiger partial charge in [-0.2, -0.15) is 0 Å². The molecule has 0 saturated heterocycles. The number of nitrogens with zero attached hydrogens (tertiary/aromatic N) is 4. The van der Waals surface area contributed by atoms with Crippen LogP contribution in [-0.2, 0) is 11.1 Å². The van der Waals surface area contributed by atoms with Gasteiger partial charge in [0.05, 0.1) is 9.82 Å². The van der Waals surface area contributed by atoms with Gasteiger partial charge in [-0.1, -0.05) is 0 Å². The molecule has 1 N–H and O–H groups in total. The molecule has 0 radical (unpaired) electrons. The number of rotatable bonds is 2. The first-order valence-corrected chi connectivity index (χ1v) is 3.40. The Kier molecular flexibility index (Phi) is 1.92. The highest BCUT2D eigenvalue weighted by Crippen LogP contribution is 1.99. The maximum Gasteiger partial charge on any atom is 0.248 e. The average Bonchev–Trinajstić information content (AvgIpc) is 2.32. The van der Waals surface area contributed by atoms with Gasteiger partial charge < -0.3 is 14.7 Å². The van der Waals surface area contributed by atoms with Gasteiger partial charge in [-0.3, -0.25) is 0 Å². The van der Waals surface area contributed by atoms with E-state index in [1.165, 1.54) is 0 Å². The van der Waals surface area contributed by atoms with Gasteiger partial charge in [-0.25, -0.2) is 4.21 Å². The first kappa shape index (κ1) is 7.75. The molecular weight excluding hydrogens is 176 g/mol. The van der Waals surface area contributed by atoms with Crippen molar-refractivity contribution in [2.75, 3.05) is 0 Å². The molecule has 0 aromatic carbocycles. The average molecular weight is 178 g/mol. The van der Waals surface area contributed by atoms with E-state index in [1.54, 1.807) is 0 Å². The predicted molar refractivity (Wildman–Crippen MR) is 31.5 cm³/mol. The summed E-state index contributed by atoms with van der Waals surface area (Å²) in [6.07, 6.45) is 0.846. The minimum absolute atomic E-state index is 0.135. The van der Waals surface area contributed by atoms with Crippen LogP contribution in [0.2, 0.25) is 0 Å². The number of aromatic nitrogens is 3. The Bertz CT molecular complexity index is 278. The molecule has 0 amide bonds. The van der Waals surface area contributed by atoms with Crippen molar-refractivity contribution in [3.63, 3.8) is 0 Å². The molecule has 1 unspecified atom stereocenters. The van der Waals surface area contributed by atoms with E-state index < -0.39 is 21.1 Å². The van der Waals surface area contributed by atoms with Gasteiger partial charge in [0.1, 0.15) is 6.20 Å². The van der Waals surface area contributed by atoms with Gasteiger partial charge in [0.2, 0.25) is 16.1 Å². The molecule has 60 valence electrons. The largest absolute Gasteiger partial charge is 0.339 e. The maximum absolute atomic E-state index is 10.3. The van der Waals surface area contributed by atoms with E-state index in [1.807, 2.05) is 0 Å². The summed E-state index contributed by atoms with van der Waals surface area (Å²) in [6.45, 7) is 0.